The van der Waals surface area contributed by atoms with Crippen molar-refractivity contribution < 1.29 is 24.5 Å². The van der Waals surface area contributed by atoms with Crippen LogP contribution >= 0.6 is 0 Å². The van der Waals surface area contributed by atoms with E-state index in [1.807, 2.05) is 63.8 Å². The molecule has 2 fully saturated rings. The van der Waals surface area contributed by atoms with E-state index in [0.29, 0.717) is 38.1 Å². The number of pyridine rings is 2. The minimum absolute atomic E-state index is 0.0336. The van der Waals surface area contributed by atoms with Crippen LogP contribution in [0.15, 0.2) is 111 Å². The zero-order valence-corrected chi connectivity index (χ0v) is 26.3. The summed E-state index contributed by atoms with van der Waals surface area (Å²) in [6.07, 6.45) is 12.4. The number of imidazole rings is 2. The Hall–Kier alpha value is -5.81. The number of fused-ring (bicyclic) bond motifs is 2. The van der Waals surface area contributed by atoms with Gasteiger partial charge in [-0.25, -0.2) is 9.97 Å². The van der Waals surface area contributed by atoms with Gasteiger partial charge >= 0.3 is 0 Å². The molecule has 0 radical (unpaired) electrons. The summed E-state index contributed by atoms with van der Waals surface area (Å²) in [5.74, 6) is 2.96. The van der Waals surface area contributed by atoms with Crippen LogP contribution in [0.5, 0.6) is 23.0 Å². The highest BCUT2D eigenvalue weighted by molar-refractivity contribution is 5.87. The number of ether oxygens (including phenoxy) is 2. The summed E-state index contributed by atoms with van der Waals surface area (Å²) in [5, 5.41) is 22.2. The molecule has 11 nitrogen and oxygen atoms in total. The number of carbonyl (C=O) groups excluding carboxylic acids is 1. The highest BCUT2D eigenvalue weighted by atomic mass is 16.5. The van der Waals surface area contributed by atoms with Crippen molar-refractivity contribution >= 4 is 16.9 Å². The van der Waals surface area contributed by atoms with Gasteiger partial charge in [0.2, 0.25) is 5.91 Å². The van der Waals surface area contributed by atoms with E-state index in [4.69, 9.17) is 9.47 Å². The van der Waals surface area contributed by atoms with Gasteiger partial charge in [0.1, 0.15) is 34.0 Å². The molecule has 0 saturated carbocycles. The van der Waals surface area contributed by atoms with Gasteiger partial charge in [0.15, 0.2) is 0 Å². The van der Waals surface area contributed by atoms with Crippen LogP contribution < -0.4 is 14.8 Å². The van der Waals surface area contributed by atoms with Crippen LogP contribution in [0.2, 0.25) is 0 Å². The van der Waals surface area contributed by atoms with Crippen LogP contribution in [0.3, 0.4) is 0 Å². The van der Waals surface area contributed by atoms with Gasteiger partial charge in [0, 0.05) is 61.5 Å². The molecule has 2 saturated heterocycles. The van der Waals surface area contributed by atoms with E-state index in [-0.39, 0.29) is 17.4 Å². The van der Waals surface area contributed by atoms with Crippen LogP contribution in [-0.4, -0.2) is 79.2 Å². The minimum atomic E-state index is -0.0336. The van der Waals surface area contributed by atoms with Crippen LogP contribution in [-0.2, 0) is 4.79 Å². The number of aromatic nitrogens is 4. The van der Waals surface area contributed by atoms with Crippen molar-refractivity contribution in [2.75, 3.05) is 39.4 Å². The molecule has 11 heteroatoms. The summed E-state index contributed by atoms with van der Waals surface area (Å²) in [5.41, 5.74) is 5.88. The van der Waals surface area contributed by atoms with Gasteiger partial charge < -0.3 is 38.7 Å². The van der Waals surface area contributed by atoms with Crippen LogP contribution in [0.25, 0.3) is 33.3 Å². The summed E-state index contributed by atoms with van der Waals surface area (Å²) in [6, 6.07) is 18.2. The zero-order chi connectivity index (χ0) is 33.0. The Labute approximate surface area is 277 Å². The topological polar surface area (TPSA) is 126 Å². The number of aromatic hydroxyl groups is 2. The third-order valence-electron chi connectivity index (χ3n) is 8.63. The van der Waals surface area contributed by atoms with Crippen molar-refractivity contribution in [1.29, 1.82) is 0 Å². The van der Waals surface area contributed by atoms with Crippen LogP contribution in [0.1, 0.15) is 0 Å². The Kier molecular flexibility index (Phi) is 8.67. The van der Waals surface area contributed by atoms with Gasteiger partial charge in [-0.3, -0.25) is 4.79 Å². The second kappa shape index (κ2) is 13.5. The van der Waals surface area contributed by atoms with Gasteiger partial charge in [0.05, 0.1) is 38.3 Å². The second-order valence-corrected chi connectivity index (χ2v) is 12.1. The average Bonchev–Trinajstić information content (AvgIpc) is 3.74. The maximum Gasteiger partial charge on any atom is 0.245 e. The summed E-state index contributed by atoms with van der Waals surface area (Å²) in [7, 11) is 0. The number of phenolic OH excluding ortho intramolecular Hbond substituents is 2. The molecule has 8 rings (SSSR count). The SMILES string of the molecule is C=CC(=O)N1CC(COc2cc(-c3ccc(O)cc3)cn3cncc23)C1.Oc1ccc(-c2cc(OCC3CNC3)c3cncn3c2)cc1. The van der Waals surface area contributed by atoms with Crippen molar-refractivity contribution in [2.45, 2.75) is 0 Å². The molecule has 0 unspecified atom stereocenters. The number of benzene rings is 2. The second-order valence-electron chi connectivity index (χ2n) is 12.1. The molecular formula is C37H36N6O5. The number of rotatable bonds is 9. The molecule has 2 aromatic carbocycles. The molecule has 6 aromatic rings. The summed E-state index contributed by atoms with van der Waals surface area (Å²) < 4.78 is 16.0. The molecule has 0 atom stereocenters. The number of nitrogens with one attached hydrogen (secondary N) is 1. The zero-order valence-electron chi connectivity index (χ0n) is 26.3. The molecule has 1 amide bonds. The number of hydrogen-bond acceptors (Lipinski definition) is 8. The Bertz CT molecular complexity index is 2040. The predicted octanol–water partition coefficient (Wildman–Crippen LogP) is 5.04. The smallest absolute Gasteiger partial charge is 0.245 e. The van der Waals surface area contributed by atoms with Gasteiger partial charge in [0.25, 0.3) is 0 Å². The first kappa shape index (κ1) is 30.8. The van der Waals surface area contributed by atoms with Gasteiger partial charge in [-0.05, 0) is 53.6 Å². The number of nitrogens with zero attached hydrogens (tertiary/aromatic N) is 5. The third kappa shape index (κ3) is 6.67. The van der Waals surface area contributed by atoms with E-state index in [1.54, 1.807) is 48.0 Å². The largest absolute Gasteiger partial charge is 0.508 e. The lowest BCUT2D eigenvalue weighted by Gasteiger charge is -2.38. The molecule has 6 heterocycles. The van der Waals surface area contributed by atoms with Crippen molar-refractivity contribution in [3.63, 3.8) is 0 Å². The molecule has 2 aliphatic heterocycles. The predicted molar refractivity (Wildman–Crippen MR) is 182 cm³/mol. The highest BCUT2D eigenvalue weighted by Gasteiger charge is 2.30. The molecule has 2 aliphatic rings. The van der Waals surface area contributed by atoms with Crippen LogP contribution in [0, 0.1) is 11.8 Å². The molecular weight excluding hydrogens is 608 g/mol. The van der Waals surface area contributed by atoms with Crippen molar-refractivity contribution in [1.82, 2.24) is 29.0 Å². The minimum Gasteiger partial charge on any atom is -0.508 e. The quantitative estimate of drug-likeness (QED) is 0.187. The fourth-order valence-corrected chi connectivity index (χ4v) is 5.72. The van der Waals surface area contributed by atoms with Gasteiger partial charge in [-0.15, -0.1) is 0 Å². The highest BCUT2D eigenvalue weighted by Crippen LogP contribution is 2.31. The van der Waals surface area contributed by atoms with Gasteiger partial charge in [-0.1, -0.05) is 30.8 Å². The Balaban J connectivity index is 0.000000154. The molecule has 244 valence electrons. The number of likely N-dealkylation sites (tertiary alicyclic amines) is 1. The van der Waals surface area contributed by atoms with E-state index in [0.717, 1.165) is 57.9 Å². The number of amides is 1. The molecule has 0 bridgehead atoms. The van der Waals surface area contributed by atoms with E-state index in [2.05, 4.69) is 21.9 Å². The van der Waals surface area contributed by atoms with E-state index < -0.39 is 0 Å². The maximum absolute atomic E-state index is 11.5. The maximum atomic E-state index is 11.5. The Morgan fingerprint density at radius 1 is 0.771 bits per heavy atom. The van der Waals surface area contributed by atoms with Crippen molar-refractivity contribution in [3.05, 3.63) is 111 Å². The molecule has 48 heavy (non-hydrogen) atoms. The van der Waals surface area contributed by atoms with Crippen LogP contribution in [0.4, 0.5) is 0 Å². The summed E-state index contributed by atoms with van der Waals surface area (Å²) in [4.78, 5) is 21.7. The van der Waals surface area contributed by atoms with E-state index in [1.165, 1.54) is 6.08 Å². The number of hydrogen-bond donors (Lipinski definition) is 3. The average molecular weight is 645 g/mol. The fourth-order valence-electron chi connectivity index (χ4n) is 5.72. The first-order valence-corrected chi connectivity index (χ1v) is 15.8. The van der Waals surface area contributed by atoms with Crippen molar-refractivity contribution in [2.24, 2.45) is 11.8 Å². The van der Waals surface area contributed by atoms with Gasteiger partial charge in [-0.2, -0.15) is 0 Å². The standard InChI is InChI=1S/C20H19N3O3.C17H17N3O2/c1-2-20(25)22-9-14(10-22)12-26-19-7-16(11-23-13-21-8-18(19)23)15-3-5-17(24)6-4-15;21-15-3-1-13(2-4-15)14-5-17(22-10-12-6-18-7-12)16-8-19-11-20(16)9-14/h2-8,11,13-14,24H,1,9-10,12H2;1-5,8-9,11-12,18,21H,6-7,10H2. The molecule has 0 spiro atoms. The lowest BCUT2D eigenvalue weighted by Crippen LogP contribution is -2.51. The summed E-state index contributed by atoms with van der Waals surface area (Å²) in [6.45, 7) is 8.19. The third-order valence-corrected chi connectivity index (χ3v) is 8.63. The molecule has 4 aromatic heterocycles. The lowest BCUT2D eigenvalue weighted by molar-refractivity contribution is -0.132. The number of phenols is 2. The summed E-state index contributed by atoms with van der Waals surface area (Å²) >= 11 is 0. The Morgan fingerprint density at radius 3 is 1.69 bits per heavy atom. The molecule has 0 aliphatic carbocycles. The fraction of sp³-hybridized carbons (Fsp3) is 0.216. The normalized spacial score (nSPS) is 14.5. The van der Waals surface area contributed by atoms with E-state index in [9.17, 15) is 15.0 Å². The molecule has 3 N–H and O–H groups in total. The number of carbonyl (C=O) groups is 1. The first-order chi connectivity index (χ1) is 23.4. The van der Waals surface area contributed by atoms with E-state index >= 15 is 0 Å². The first-order valence-electron chi connectivity index (χ1n) is 15.8. The van der Waals surface area contributed by atoms with Crippen molar-refractivity contribution in [3.8, 4) is 45.3 Å². The monoisotopic (exact) mass is 644 g/mol. The Morgan fingerprint density at radius 2 is 1.25 bits per heavy atom. The lowest BCUT2D eigenvalue weighted by atomic mass is 10.0.